The molecule has 2 aromatic heterocycles. The van der Waals surface area contributed by atoms with Crippen molar-refractivity contribution in [1.82, 2.24) is 19.4 Å². The molecule has 1 aromatic carbocycles. The summed E-state index contributed by atoms with van der Waals surface area (Å²) in [6.45, 7) is 13.3. The number of carbonyl (C=O) groups excluding carboxylic acids is 1. The third-order valence-corrected chi connectivity index (χ3v) is 14.1. The number of anilines is 1. The highest BCUT2D eigenvalue weighted by Gasteiger charge is 2.38. The van der Waals surface area contributed by atoms with Crippen molar-refractivity contribution in [2.45, 2.75) is 89.6 Å². The number of carbonyl (C=O) groups is 1. The average Bonchev–Trinajstić information content (AvgIpc) is 3.02. The molecule has 0 radical (unpaired) electrons. The Morgan fingerprint density at radius 2 is 1.78 bits per heavy atom. The number of nitrogens with one attached hydrogen (secondary N) is 1. The van der Waals surface area contributed by atoms with Crippen LogP contribution in [0.4, 0.5) is 15.1 Å². The molecule has 1 N–H and O–H groups in total. The molecule has 0 bridgehead atoms. The SMILES string of the molecule is CC(C)(C)[Si](C)(C)OC[C@H]1CC[C@H](OC(=O)N2CCC(Nc3ncc(F)c(-c4cccc(-n5ccccc5=O)c4)n3)CC2)CC1. The van der Waals surface area contributed by atoms with E-state index in [-0.39, 0.29) is 34.5 Å². The summed E-state index contributed by atoms with van der Waals surface area (Å²) in [5, 5.41) is 3.52. The normalized spacial score (nSPS) is 19.7. The van der Waals surface area contributed by atoms with Crippen LogP contribution in [0.5, 0.6) is 0 Å². The van der Waals surface area contributed by atoms with Crippen LogP contribution in [0.3, 0.4) is 0 Å². The Kier molecular flexibility index (Phi) is 10.1. The van der Waals surface area contributed by atoms with Crippen LogP contribution in [0.1, 0.15) is 59.3 Å². The quantitative estimate of drug-likeness (QED) is 0.266. The van der Waals surface area contributed by atoms with Gasteiger partial charge in [-0.3, -0.25) is 9.36 Å². The summed E-state index contributed by atoms with van der Waals surface area (Å²) in [5.74, 6) is 0.305. The Morgan fingerprint density at radius 1 is 1.04 bits per heavy atom. The Labute approximate surface area is 266 Å². The predicted octanol–water partition coefficient (Wildman–Crippen LogP) is 7.03. The van der Waals surface area contributed by atoms with Gasteiger partial charge < -0.3 is 19.4 Å². The van der Waals surface area contributed by atoms with Crippen LogP contribution in [0, 0.1) is 11.7 Å². The van der Waals surface area contributed by atoms with Crippen LogP contribution >= 0.6 is 0 Å². The number of benzene rings is 1. The van der Waals surface area contributed by atoms with Gasteiger partial charge in [0.25, 0.3) is 5.56 Å². The Hall–Kier alpha value is -3.57. The maximum absolute atomic E-state index is 14.8. The highest BCUT2D eigenvalue weighted by Crippen LogP contribution is 2.38. The van der Waals surface area contributed by atoms with E-state index in [0.717, 1.165) is 38.5 Å². The third kappa shape index (κ3) is 8.18. The van der Waals surface area contributed by atoms with Crippen molar-refractivity contribution in [2.24, 2.45) is 5.92 Å². The van der Waals surface area contributed by atoms with Crippen molar-refractivity contribution in [3.05, 3.63) is 71.0 Å². The Balaban J connectivity index is 1.10. The van der Waals surface area contributed by atoms with E-state index in [1.807, 2.05) is 0 Å². The van der Waals surface area contributed by atoms with E-state index in [0.29, 0.717) is 49.0 Å². The van der Waals surface area contributed by atoms with E-state index >= 15 is 0 Å². The lowest BCUT2D eigenvalue weighted by Crippen LogP contribution is -2.44. The second-order valence-corrected chi connectivity index (χ2v) is 18.7. The van der Waals surface area contributed by atoms with Gasteiger partial charge in [0, 0.05) is 49.3 Å². The number of piperidine rings is 1. The number of halogens is 1. The smallest absolute Gasteiger partial charge is 0.410 e. The Morgan fingerprint density at radius 3 is 2.47 bits per heavy atom. The molecular formula is C34H46FN5O4Si. The summed E-state index contributed by atoms with van der Waals surface area (Å²) in [6.07, 6.45) is 7.76. The molecule has 1 saturated heterocycles. The standard InChI is InChI=1S/C34H46FN5O4Si/c1-34(2,3)45(4,5)43-23-24-12-14-28(15-13-24)44-33(42)39-19-16-26(17-20-39)37-32-36-22-29(35)31(38-32)25-9-8-10-27(21-25)40-18-7-6-11-30(40)41/h6-11,18,21-22,24,26,28H,12-17,19-20,23H2,1-5H3,(H,36,37,38)/t24-,28-. The van der Waals surface area contributed by atoms with E-state index in [1.54, 1.807) is 47.5 Å². The number of hydrogen-bond acceptors (Lipinski definition) is 7. The number of hydrogen-bond donors (Lipinski definition) is 1. The molecule has 2 aliphatic rings. The van der Waals surface area contributed by atoms with E-state index in [9.17, 15) is 14.0 Å². The molecule has 2 fully saturated rings. The third-order valence-electron chi connectivity index (χ3n) is 9.60. The van der Waals surface area contributed by atoms with Crippen LogP contribution in [-0.4, -0.2) is 65.7 Å². The Bertz CT molecular complexity index is 1530. The van der Waals surface area contributed by atoms with Crippen LogP contribution in [0.15, 0.2) is 59.7 Å². The maximum atomic E-state index is 14.8. The first-order chi connectivity index (χ1) is 21.4. The van der Waals surface area contributed by atoms with Crippen molar-refractivity contribution in [2.75, 3.05) is 25.0 Å². The molecule has 3 heterocycles. The number of likely N-dealkylation sites (tertiary alicyclic amines) is 1. The summed E-state index contributed by atoms with van der Waals surface area (Å²) in [7, 11) is -1.75. The van der Waals surface area contributed by atoms with Crippen molar-refractivity contribution in [1.29, 1.82) is 0 Å². The minimum absolute atomic E-state index is 0.0393. The summed E-state index contributed by atoms with van der Waals surface area (Å²) in [4.78, 5) is 35.6. The number of pyridine rings is 1. The fourth-order valence-corrected chi connectivity index (χ4v) is 6.73. The lowest BCUT2D eigenvalue weighted by molar-refractivity contribution is 0.0286. The number of rotatable bonds is 8. The zero-order valence-corrected chi connectivity index (χ0v) is 28.1. The number of amides is 1. The molecule has 9 nitrogen and oxygen atoms in total. The van der Waals surface area contributed by atoms with Crippen LogP contribution in [0.2, 0.25) is 18.1 Å². The van der Waals surface area contributed by atoms with Crippen molar-refractivity contribution >= 4 is 20.4 Å². The molecule has 0 atom stereocenters. The molecule has 1 amide bonds. The molecular weight excluding hydrogens is 589 g/mol. The van der Waals surface area contributed by atoms with E-state index < -0.39 is 14.1 Å². The van der Waals surface area contributed by atoms with Gasteiger partial charge in [-0.2, -0.15) is 0 Å². The molecule has 0 unspecified atom stereocenters. The molecule has 1 aliphatic heterocycles. The van der Waals surface area contributed by atoms with Gasteiger partial charge in [-0.1, -0.05) is 39.0 Å². The highest BCUT2D eigenvalue weighted by atomic mass is 28.4. The van der Waals surface area contributed by atoms with Gasteiger partial charge >= 0.3 is 6.09 Å². The van der Waals surface area contributed by atoms with Gasteiger partial charge in [-0.25, -0.2) is 19.2 Å². The molecule has 1 aliphatic carbocycles. The molecule has 0 spiro atoms. The lowest BCUT2D eigenvalue weighted by Gasteiger charge is -2.38. The van der Waals surface area contributed by atoms with E-state index in [4.69, 9.17) is 9.16 Å². The number of nitrogens with zero attached hydrogens (tertiary/aromatic N) is 4. The first-order valence-corrected chi connectivity index (χ1v) is 19.0. The largest absolute Gasteiger partial charge is 0.446 e. The van der Waals surface area contributed by atoms with Gasteiger partial charge in [0.05, 0.1) is 6.20 Å². The number of aromatic nitrogens is 3. The fourth-order valence-electron chi connectivity index (χ4n) is 5.65. The van der Waals surface area contributed by atoms with E-state index in [1.165, 1.54) is 10.6 Å². The average molecular weight is 636 g/mol. The zero-order chi connectivity index (χ0) is 32.2. The summed E-state index contributed by atoms with van der Waals surface area (Å²) < 4.78 is 28.7. The molecule has 242 valence electrons. The van der Waals surface area contributed by atoms with Crippen molar-refractivity contribution in [3.8, 4) is 16.9 Å². The molecule has 3 aromatic rings. The first kappa shape index (κ1) is 32.8. The lowest BCUT2D eigenvalue weighted by atomic mass is 9.88. The zero-order valence-electron chi connectivity index (χ0n) is 27.1. The number of ether oxygens (including phenoxy) is 1. The van der Waals surface area contributed by atoms with Crippen LogP contribution in [-0.2, 0) is 9.16 Å². The first-order valence-electron chi connectivity index (χ1n) is 16.1. The topological polar surface area (TPSA) is 98.6 Å². The maximum Gasteiger partial charge on any atom is 0.410 e. The molecule has 45 heavy (non-hydrogen) atoms. The van der Waals surface area contributed by atoms with Gasteiger partial charge in [0.2, 0.25) is 5.95 Å². The van der Waals surface area contributed by atoms with E-state index in [2.05, 4.69) is 49.1 Å². The summed E-state index contributed by atoms with van der Waals surface area (Å²) >= 11 is 0. The highest BCUT2D eigenvalue weighted by molar-refractivity contribution is 6.74. The van der Waals surface area contributed by atoms with Crippen LogP contribution < -0.4 is 10.9 Å². The van der Waals surface area contributed by atoms with Crippen molar-refractivity contribution < 1.29 is 18.3 Å². The minimum Gasteiger partial charge on any atom is -0.446 e. The second-order valence-electron chi connectivity index (χ2n) is 13.9. The second kappa shape index (κ2) is 13.8. The molecule has 1 saturated carbocycles. The van der Waals surface area contributed by atoms with Crippen LogP contribution in [0.25, 0.3) is 16.9 Å². The van der Waals surface area contributed by atoms with Gasteiger partial charge in [0.1, 0.15) is 11.8 Å². The van der Waals surface area contributed by atoms with Gasteiger partial charge in [-0.05, 0) is 80.8 Å². The van der Waals surface area contributed by atoms with Gasteiger partial charge in [0.15, 0.2) is 14.1 Å². The summed E-state index contributed by atoms with van der Waals surface area (Å²) in [6, 6.07) is 12.0. The fraction of sp³-hybridized carbons (Fsp3) is 0.529. The summed E-state index contributed by atoms with van der Waals surface area (Å²) in [5.41, 5.74) is 1.14. The predicted molar refractivity (Wildman–Crippen MR) is 177 cm³/mol. The molecule has 11 heteroatoms. The minimum atomic E-state index is -1.75. The van der Waals surface area contributed by atoms with Gasteiger partial charge in [-0.15, -0.1) is 0 Å². The monoisotopic (exact) mass is 635 g/mol. The molecule has 5 rings (SSSR count). The van der Waals surface area contributed by atoms with Crippen molar-refractivity contribution in [3.63, 3.8) is 0 Å².